The summed E-state index contributed by atoms with van der Waals surface area (Å²) in [4.78, 5) is 0. The molecule has 150 valence electrons. The van der Waals surface area contributed by atoms with E-state index >= 15 is 0 Å². The minimum atomic E-state index is -0.578. The second-order valence-electron chi connectivity index (χ2n) is 7.61. The van der Waals surface area contributed by atoms with Crippen LogP contribution in [0, 0.1) is 29.6 Å². The second kappa shape index (κ2) is 20.4. The molecule has 0 radical (unpaired) electrons. The van der Waals surface area contributed by atoms with E-state index < -0.39 is 6.10 Å². The van der Waals surface area contributed by atoms with Gasteiger partial charge in [0.05, 0.1) is 0 Å². The minimum Gasteiger partial charge on any atom is -0.384 e. The van der Waals surface area contributed by atoms with Crippen molar-refractivity contribution in [3.05, 3.63) is 0 Å². The van der Waals surface area contributed by atoms with Crippen molar-refractivity contribution in [3.8, 4) is 23.7 Å². The third-order valence-corrected chi connectivity index (χ3v) is 4.94. The summed E-state index contributed by atoms with van der Waals surface area (Å²) in [6.45, 7) is 4.51. The maximum absolute atomic E-state index is 9.68. The van der Waals surface area contributed by atoms with Gasteiger partial charge in [-0.25, -0.2) is 0 Å². The highest BCUT2D eigenvalue weighted by atomic mass is 16.3. The molecule has 2 N–H and O–H groups in total. The topological polar surface area (TPSA) is 40.5 Å². The van der Waals surface area contributed by atoms with Crippen LogP contribution < -0.4 is 0 Å². The summed E-state index contributed by atoms with van der Waals surface area (Å²) in [5.41, 5.74) is 0. The first kappa shape index (κ1) is 25.0. The maximum Gasteiger partial charge on any atom is 0.115 e. The molecule has 2 unspecified atom stereocenters. The molecule has 0 aliphatic rings. The summed E-state index contributed by atoms with van der Waals surface area (Å²) >= 11 is 0. The number of hydrogen-bond acceptors (Lipinski definition) is 2. The van der Waals surface area contributed by atoms with E-state index in [2.05, 4.69) is 37.5 Å². The van der Waals surface area contributed by atoms with Crippen LogP contribution in [0.2, 0.25) is 0 Å². The van der Waals surface area contributed by atoms with Gasteiger partial charge in [0.2, 0.25) is 0 Å². The lowest BCUT2D eigenvalue weighted by molar-refractivity contribution is 0.217. The van der Waals surface area contributed by atoms with E-state index in [1.54, 1.807) is 0 Å². The molecule has 0 aliphatic carbocycles. The molecule has 0 aliphatic heterocycles. The Morgan fingerprint density at radius 1 is 0.692 bits per heavy atom. The molecule has 26 heavy (non-hydrogen) atoms. The first-order chi connectivity index (χ1) is 12.7. The zero-order valence-electron chi connectivity index (χ0n) is 17.4. The summed E-state index contributed by atoms with van der Waals surface area (Å²) in [5.74, 6) is 11.1. The summed E-state index contributed by atoms with van der Waals surface area (Å²) in [5, 5.41) is 18.2. The predicted molar refractivity (Wildman–Crippen MR) is 113 cm³/mol. The fraction of sp³-hybridized carbons (Fsp3) is 0.833. The van der Waals surface area contributed by atoms with Crippen molar-refractivity contribution in [1.82, 2.24) is 0 Å². The quantitative estimate of drug-likeness (QED) is 0.267. The van der Waals surface area contributed by atoms with Gasteiger partial charge in [-0.05, 0) is 30.6 Å². The first-order valence-electron chi connectivity index (χ1n) is 11.0. The fourth-order valence-corrected chi connectivity index (χ4v) is 3.23. The highest BCUT2D eigenvalue weighted by Crippen LogP contribution is 2.18. The Morgan fingerprint density at radius 2 is 1.19 bits per heavy atom. The molecule has 0 bridgehead atoms. The van der Waals surface area contributed by atoms with Crippen molar-refractivity contribution < 1.29 is 10.2 Å². The van der Waals surface area contributed by atoms with Crippen LogP contribution in [0.25, 0.3) is 0 Å². The molecule has 2 atom stereocenters. The molecule has 0 fully saturated rings. The first-order valence-corrected chi connectivity index (χ1v) is 11.0. The van der Waals surface area contributed by atoms with Crippen LogP contribution in [0.1, 0.15) is 110 Å². The zero-order chi connectivity index (χ0) is 19.3. The molecule has 2 nitrogen and oxygen atoms in total. The Labute approximate surface area is 163 Å². The molecular formula is C24H42O2. The Kier molecular flexibility index (Phi) is 19.6. The Bertz CT molecular complexity index is 407. The average Bonchev–Trinajstić information content (AvgIpc) is 2.64. The summed E-state index contributed by atoms with van der Waals surface area (Å²) in [6.07, 6.45) is 18.9. The predicted octanol–water partition coefficient (Wildman–Crippen LogP) is 5.85. The lowest BCUT2D eigenvalue weighted by Crippen LogP contribution is -2.02. The molecule has 0 heterocycles. The van der Waals surface area contributed by atoms with E-state index in [4.69, 9.17) is 5.11 Å². The van der Waals surface area contributed by atoms with E-state index in [0.717, 1.165) is 18.8 Å². The van der Waals surface area contributed by atoms with Crippen molar-refractivity contribution in [3.63, 3.8) is 0 Å². The van der Waals surface area contributed by atoms with Crippen LogP contribution in [0.4, 0.5) is 0 Å². The van der Waals surface area contributed by atoms with E-state index in [1.165, 1.54) is 83.5 Å². The monoisotopic (exact) mass is 362 g/mol. The van der Waals surface area contributed by atoms with E-state index in [9.17, 15) is 5.11 Å². The van der Waals surface area contributed by atoms with Crippen LogP contribution in [0.15, 0.2) is 0 Å². The van der Waals surface area contributed by atoms with Gasteiger partial charge in [0.15, 0.2) is 0 Å². The standard InChI is InChI=1S/C24H42O2/c1-3-4-5-6-9-13-18-23(2)19-14-10-7-8-11-15-20-24(26)21-16-12-17-22-25/h23-26H,3-11,13-15,18-20,22H2,1-2H3. The Morgan fingerprint density at radius 3 is 1.73 bits per heavy atom. The summed E-state index contributed by atoms with van der Waals surface area (Å²) < 4.78 is 0. The van der Waals surface area contributed by atoms with Crippen molar-refractivity contribution >= 4 is 0 Å². The fourth-order valence-electron chi connectivity index (χ4n) is 3.23. The van der Waals surface area contributed by atoms with Crippen LogP contribution >= 0.6 is 0 Å². The van der Waals surface area contributed by atoms with Gasteiger partial charge in [-0.3, -0.25) is 0 Å². The molecule has 0 saturated carbocycles. The van der Waals surface area contributed by atoms with Crippen molar-refractivity contribution in [2.45, 2.75) is 116 Å². The van der Waals surface area contributed by atoms with Crippen molar-refractivity contribution in [2.75, 3.05) is 6.61 Å². The van der Waals surface area contributed by atoms with E-state index in [1.807, 2.05) is 0 Å². The van der Waals surface area contributed by atoms with Crippen LogP contribution in [-0.2, 0) is 0 Å². The maximum atomic E-state index is 9.68. The van der Waals surface area contributed by atoms with Gasteiger partial charge in [0.25, 0.3) is 0 Å². The number of aliphatic hydroxyl groups is 2. The largest absolute Gasteiger partial charge is 0.384 e. The van der Waals surface area contributed by atoms with Crippen LogP contribution in [0.3, 0.4) is 0 Å². The lowest BCUT2D eigenvalue weighted by Gasteiger charge is -2.11. The van der Waals surface area contributed by atoms with Gasteiger partial charge < -0.3 is 10.2 Å². The van der Waals surface area contributed by atoms with Gasteiger partial charge in [-0.1, -0.05) is 109 Å². The van der Waals surface area contributed by atoms with Crippen LogP contribution in [0.5, 0.6) is 0 Å². The lowest BCUT2D eigenvalue weighted by atomic mass is 9.96. The van der Waals surface area contributed by atoms with Gasteiger partial charge in [-0.15, -0.1) is 0 Å². The van der Waals surface area contributed by atoms with Crippen LogP contribution in [-0.4, -0.2) is 22.9 Å². The molecule has 0 aromatic heterocycles. The number of rotatable bonds is 16. The zero-order valence-corrected chi connectivity index (χ0v) is 17.4. The number of unbranched alkanes of at least 4 members (excludes halogenated alkanes) is 10. The molecule has 0 amide bonds. The third-order valence-electron chi connectivity index (χ3n) is 4.94. The highest BCUT2D eigenvalue weighted by Gasteiger charge is 2.02. The van der Waals surface area contributed by atoms with E-state index in [0.29, 0.717) is 0 Å². The summed E-state index contributed by atoms with van der Waals surface area (Å²) in [6, 6.07) is 0. The second-order valence-corrected chi connectivity index (χ2v) is 7.61. The number of aliphatic hydroxyl groups excluding tert-OH is 2. The normalized spacial score (nSPS) is 12.6. The minimum absolute atomic E-state index is 0.178. The Hall–Kier alpha value is -0.960. The molecule has 0 rings (SSSR count). The molecule has 2 heteroatoms. The number of hydrogen-bond donors (Lipinski definition) is 2. The molecular weight excluding hydrogens is 320 g/mol. The highest BCUT2D eigenvalue weighted by molar-refractivity contribution is 5.27. The smallest absolute Gasteiger partial charge is 0.115 e. The molecule has 0 spiro atoms. The Balaban J connectivity index is 3.35. The van der Waals surface area contributed by atoms with Gasteiger partial charge in [0, 0.05) is 0 Å². The SMILES string of the molecule is CCCCCCCCC(C)CCCCCCCCC(O)C#CC#CCO. The van der Waals surface area contributed by atoms with Crippen molar-refractivity contribution in [1.29, 1.82) is 0 Å². The van der Waals surface area contributed by atoms with Crippen molar-refractivity contribution in [2.24, 2.45) is 5.92 Å². The molecule has 0 aromatic rings. The van der Waals surface area contributed by atoms with Gasteiger partial charge >= 0.3 is 0 Å². The van der Waals surface area contributed by atoms with E-state index in [-0.39, 0.29) is 6.61 Å². The summed E-state index contributed by atoms with van der Waals surface area (Å²) in [7, 11) is 0. The average molecular weight is 363 g/mol. The molecule has 0 aromatic carbocycles. The van der Waals surface area contributed by atoms with Gasteiger partial charge in [0.1, 0.15) is 12.7 Å². The molecule has 0 saturated heterocycles. The third kappa shape index (κ3) is 19.4. The van der Waals surface area contributed by atoms with Gasteiger partial charge in [-0.2, -0.15) is 0 Å².